The van der Waals surface area contributed by atoms with Crippen LogP contribution >= 0.6 is 0 Å². The second kappa shape index (κ2) is 2.95. The van der Waals surface area contributed by atoms with Crippen LogP contribution < -0.4 is 0 Å². The minimum absolute atomic E-state index is 1.17. The van der Waals surface area contributed by atoms with E-state index in [1.54, 1.807) is 0 Å². The van der Waals surface area contributed by atoms with Gasteiger partial charge in [-0.2, -0.15) is 0 Å². The molecule has 0 rings (SSSR count). The van der Waals surface area contributed by atoms with Gasteiger partial charge in [0.2, 0.25) is 6.42 Å². The average molecular weight is 84.2 g/mol. The summed E-state index contributed by atoms with van der Waals surface area (Å²) >= 11 is 0. The van der Waals surface area contributed by atoms with Crippen molar-refractivity contribution in [2.24, 2.45) is 0 Å². The smallest absolute Gasteiger partial charge is 0.0818 e. The summed E-state index contributed by atoms with van der Waals surface area (Å²) in [5.41, 5.74) is 0. The predicted octanol–water partition coefficient (Wildman–Crippen LogP) is 2.21. The highest BCUT2D eigenvalue weighted by Gasteiger charge is 2.05. The molecule has 0 aliphatic heterocycles. The van der Waals surface area contributed by atoms with Crippen LogP contribution in [0.4, 0.5) is 0 Å². The van der Waals surface area contributed by atoms with E-state index in [-0.39, 0.29) is 0 Å². The number of hydrogen-bond donors (Lipinski definition) is 0. The SMILES string of the molecule is C[CH+]C[C+](C)C. The lowest BCUT2D eigenvalue weighted by Gasteiger charge is -1.76. The maximum Gasteiger partial charge on any atom is 0.219 e. The zero-order valence-corrected chi connectivity index (χ0v) is 4.78. The summed E-state index contributed by atoms with van der Waals surface area (Å²) in [4.78, 5) is 0. The van der Waals surface area contributed by atoms with Crippen LogP contribution in [0, 0.1) is 12.3 Å². The van der Waals surface area contributed by atoms with Crippen molar-refractivity contribution in [3.63, 3.8) is 0 Å². The lowest BCUT2D eigenvalue weighted by molar-refractivity contribution is 0.936. The van der Waals surface area contributed by atoms with Crippen LogP contribution in [0.15, 0.2) is 0 Å². The second-order valence-electron chi connectivity index (χ2n) is 1.82. The summed E-state index contributed by atoms with van der Waals surface area (Å²) in [6.45, 7) is 6.35. The highest BCUT2D eigenvalue weighted by Crippen LogP contribution is 2.02. The second-order valence-corrected chi connectivity index (χ2v) is 1.82. The maximum absolute atomic E-state index is 2.16. The van der Waals surface area contributed by atoms with Gasteiger partial charge in [0.05, 0.1) is 20.8 Å². The molecule has 34 valence electrons. The van der Waals surface area contributed by atoms with Crippen molar-refractivity contribution >= 4 is 0 Å². The third kappa shape index (κ3) is 3.74. The van der Waals surface area contributed by atoms with Crippen molar-refractivity contribution in [1.82, 2.24) is 0 Å². The summed E-state index contributed by atoms with van der Waals surface area (Å²) in [5.74, 6) is 1.48. The van der Waals surface area contributed by atoms with Crippen molar-refractivity contribution in [3.8, 4) is 0 Å². The first kappa shape index (κ1) is 5.74. The minimum Gasteiger partial charge on any atom is 0.0818 e. The normalized spacial score (nSPS) is 7.83. The molecule has 0 aromatic carbocycles. The molecule has 0 aliphatic rings. The highest BCUT2D eigenvalue weighted by atomic mass is 13.9. The van der Waals surface area contributed by atoms with Gasteiger partial charge in [-0.25, -0.2) is 0 Å². The van der Waals surface area contributed by atoms with Crippen LogP contribution in [0.2, 0.25) is 0 Å². The fourth-order valence-corrected chi connectivity index (χ4v) is 0.408. The van der Waals surface area contributed by atoms with Gasteiger partial charge in [0, 0.05) is 0 Å². The third-order valence-electron chi connectivity index (χ3n) is 0.612. The molecule has 0 saturated carbocycles. The van der Waals surface area contributed by atoms with E-state index in [4.69, 9.17) is 0 Å². The van der Waals surface area contributed by atoms with E-state index >= 15 is 0 Å². The molecule has 0 heterocycles. The first-order chi connectivity index (χ1) is 2.77. The van der Waals surface area contributed by atoms with E-state index < -0.39 is 0 Å². The van der Waals surface area contributed by atoms with Gasteiger partial charge in [0.25, 0.3) is 0 Å². The summed E-state index contributed by atoms with van der Waals surface area (Å²) in [5, 5.41) is 0. The van der Waals surface area contributed by atoms with Gasteiger partial charge >= 0.3 is 0 Å². The summed E-state index contributed by atoms with van der Waals surface area (Å²) in [6.07, 6.45) is 3.33. The molecular formula is C6H12+2. The molecule has 0 aromatic heterocycles. The molecule has 0 saturated heterocycles. The Balaban J connectivity index is 2.63. The first-order valence-corrected chi connectivity index (χ1v) is 2.34. The molecule has 0 heteroatoms. The van der Waals surface area contributed by atoms with Gasteiger partial charge in [-0.15, -0.1) is 0 Å². The molecule has 0 fully saturated rings. The molecule has 0 N–H and O–H groups in total. The highest BCUT2D eigenvalue weighted by molar-refractivity contribution is 4.81. The van der Waals surface area contributed by atoms with E-state index in [1.807, 2.05) is 0 Å². The van der Waals surface area contributed by atoms with Gasteiger partial charge in [-0.1, -0.05) is 0 Å². The summed E-state index contributed by atoms with van der Waals surface area (Å²) < 4.78 is 0. The molecule has 0 bridgehead atoms. The van der Waals surface area contributed by atoms with Crippen LogP contribution in [-0.4, -0.2) is 0 Å². The molecular weight excluding hydrogens is 72.1 g/mol. The van der Waals surface area contributed by atoms with Crippen LogP contribution in [0.3, 0.4) is 0 Å². The zero-order chi connectivity index (χ0) is 4.99. The number of rotatable bonds is 2. The largest absolute Gasteiger partial charge is 0.219 e. The molecule has 0 radical (unpaired) electrons. The van der Waals surface area contributed by atoms with Crippen LogP contribution in [0.25, 0.3) is 0 Å². The Bertz CT molecular complexity index is 21.2. The van der Waals surface area contributed by atoms with Crippen molar-refractivity contribution in [2.75, 3.05) is 0 Å². The summed E-state index contributed by atoms with van der Waals surface area (Å²) in [7, 11) is 0. The van der Waals surface area contributed by atoms with E-state index in [9.17, 15) is 0 Å². The molecule has 0 nitrogen and oxygen atoms in total. The van der Waals surface area contributed by atoms with Crippen LogP contribution in [0.1, 0.15) is 27.2 Å². The number of hydrogen-bond acceptors (Lipinski definition) is 0. The Morgan fingerprint density at radius 1 is 1.50 bits per heavy atom. The quantitative estimate of drug-likeness (QED) is 0.450. The molecule has 0 unspecified atom stereocenters. The van der Waals surface area contributed by atoms with Crippen LogP contribution in [-0.2, 0) is 0 Å². The lowest BCUT2D eigenvalue weighted by Crippen LogP contribution is -1.79. The van der Waals surface area contributed by atoms with Gasteiger partial charge < -0.3 is 0 Å². The Morgan fingerprint density at radius 2 is 2.00 bits per heavy atom. The van der Waals surface area contributed by atoms with E-state index in [0.29, 0.717) is 0 Å². The standard InChI is InChI=1S/C6H12/c1-4-5-6(2)3/h4H,5H2,1-3H3/q+2. The van der Waals surface area contributed by atoms with Crippen molar-refractivity contribution < 1.29 is 0 Å². The van der Waals surface area contributed by atoms with E-state index in [2.05, 4.69) is 27.2 Å². The van der Waals surface area contributed by atoms with Gasteiger partial charge in [-0.3, -0.25) is 0 Å². The molecule has 0 atom stereocenters. The fraction of sp³-hybridized carbons (Fsp3) is 0.667. The first-order valence-electron chi connectivity index (χ1n) is 2.34. The zero-order valence-electron chi connectivity index (χ0n) is 4.78. The fourth-order valence-electron chi connectivity index (χ4n) is 0.408. The molecule has 0 amide bonds. The van der Waals surface area contributed by atoms with Gasteiger partial charge in [0.15, 0.2) is 0 Å². The van der Waals surface area contributed by atoms with Crippen molar-refractivity contribution in [3.05, 3.63) is 12.3 Å². The molecule has 0 aromatic rings. The molecule has 6 heavy (non-hydrogen) atoms. The maximum atomic E-state index is 2.16. The predicted molar refractivity (Wildman–Crippen MR) is 29.2 cm³/mol. The van der Waals surface area contributed by atoms with Gasteiger partial charge in [-0.05, 0) is 0 Å². The third-order valence-corrected chi connectivity index (χ3v) is 0.612. The lowest BCUT2D eigenvalue weighted by atomic mass is 10.1. The molecule has 0 aliphatic carbocycles. The Labute approximate surface area is 40.6 Å². The van der Waals surface area contributed by atoms with E-state index in [1.165, 1.54) is 12.3 Å². The average Bonchev–Trinajstić information content (AvgIpc) is 1.35. The minimum atomic E-state index is 1.17. The van der Waals surface area contributed by atoms with Crippen LogP contribution in [0.5, 0.6) is 0 Å². The van der Waals surface area contributed by atoms with Crippen molar-refractivity contribution in [1.29, 1.82) is 0 Å². The molecule has 0 spiro atoms. The van der Waals surface area contributed by atoms with Crippen molar-refractivity contribution in [2.45, 2.75) is 27.2 Å². The monoisotopic (exact) mass is 84.1 g/mol. The van der Waals surface area contributed by atoms with Gasteiger partial charge in [0.1, 0.15) is 12.3 Å². The Hall–Kier alpha value is -0.260. The topological polar surface area (TPSA) is 0 Å². The Morgan fingerprint density at radius 3 is 2.00 bits per heavy atom. The van der Waals surface area contributed by atoms with E-state index in [0.717, 1.165) is 0 Å². The summed E-state index contributed by atoms with van der Waals surface area (Å²) in [6, 6.07) is 0. The Kier molecular flexibility index (Phi) is 2.82.